The number of Topliss-reactive ketones (excluding diaryl/α,β-unsaturated/α-hetero) is 1. The number of carbonyl (C=O) groups is 1. The molecule has 2 nitrogen and oxygen atoms in total. The first-order valence-corrected chi connectivity index (χ1v) is 5.18. The fourth-order valence-corrected chi connectivity index (χ4v) is 1.18. The van der Waals surface area contributed by atoms with E-state index in [1.54, 1.807) is 0 Å². The maximum atomic E-state index is 11.3. The van der Waals surface area contributed by atoms with E-state index < -0.39 is 0 Å². The summed E-state index contributed by atoms with van der Waals surface area (Å²) >= 11 is 0. The summed E-state index contributed by atoms with van der Waals surface area (Å²) in [6.07, 6.45) is 3.72. The Bertz CT molecular complexity index is 141. The lowest BCUT2D eigenvalue weighted by atomic mass is 10.0. The van der Waals surface area contributed by atoms with Gasteiger partial charge in [-0.2, -0.15) is 0 Å². The van der Waals surface area contributed by atoms with Crippen LogP contribution in [0.2, 0.25) is 0 Å². The molecule has 0 bridgehead atoms. The second-order valence-corrected chi connectivity index (χ2v) is 4.38. The molecule has 0 saturated carbocycles. The molecule has 0 spiro atoms. The molecule has 0 aromatic rings. The second kappa shape index (κ2) is 7.07. The Hall–Kier alpha value is -0.370. The minimum absolute atomic E-state index is 0.411. The van der Waals surface area contributed by atoms with Crippen LogP contribution in [-0.2, 0) is 4.79 Å². The van der Waals surface area contributed by atoms with Crippen LogP contribution < -0.4 is 0 Å². The lowest BCUT2D eigenvalue weighted by Gasteiger charge is -2.08. The molecule has 0 saturated heterocycles. The molecule has 0 aliphatic rings. The van der Waals surface area contributed by atoms with Crippen molar-refractivity contribution in [1.82, 2.24) is 4.90 Å². The number of nitrogens with zero attached hydrogens (tertiary/aromatic N) is 1. The first-order valence-electron chi connectivity index (χ1n) is 5.18. The van der Waals surface area contributed by atoms with E-state index in [1.807, 2.05) is 14.1 Å². The Labute approximate surface area is 82.3 Å². The minimum Gasteiger partial charge on any atom is -0.309 e. The Kier molecular flexibility index (Phi) is 6.87. The summed E-state index contributed by atoms with van der Waals surface area (Å²) in [7, 11) is 4.00. The van der Waals surface area contributed by atoms with Crippen molar-refractivity contribution in [2.45, 2.75) is 39.5 Å². The van der Waals surface area contributed by atoms with Crippen LogP contribution in [0.3, 0.4) is 0 Å². The molecule has 0 unspecified atom stereocenters. The van der Waals surface area contributed by atoms with E-state index in [1.165, 1.54) is 6.42 Å². The molecule has 0 aromatic carbocycles. The average Bonchev–Trinajstić information content (AvgIpc) is 2.00. The van der Waals surface area contributed by atoms with Crippen LogP contribution >= 0.6 is 0 Å². The first kappa shape index (κ1) is 12.6. The second-order valence-electron chi connectivity index (χ2n) is 4.38. The number of ketones is 1. The van der Waals surface area contributed by atoms with Crippen molar-refractivity contribution in [3.63, 3.8) is 0 Å². The van der Waals surface area contributed by atoms with E-state index in [4.69, 9.17) is 0 Å². The Balaban J connectivity index is 3.30. The molecule has 0 heterocycles. The van der Waals surface area contributed by atoms with Gasteiger partial charge in [0, 0.05) is 19.4 Å². The predicted octanol–water partition coefficient (Wildman–Crippen LogP) is 2.33. The van der Waals surface area contributed by atoms with Crippen molar-refractivity contribution in [2.75, 3.05) is 20.6 Å². The molecule has 0 aliphatic heterocycles. The normalized spacial score (nSPS) is 11.2. The van der Waals surface area contributed by atoms with Crippen LogP contribution in [0, 0.1) is 5.92 Å². The van der Waals surface area contributed by atoms with Gasteiger partial charge in [0.05, 0.1) is 0 Å². The molecule has 0 fully saturated rings. The van der Waals surface area contributed by atoms with Crippen LogP contribution in [-0.4, -0.2) is 31.3 Å². The molecule has 13 heavy (non-hydrogen) atoms. The molecule has 0 aromatic heterocycles. The SMILES string of the molecule is CC(C)CCCC(=O)CCN(C)C. The summed E-state index contributed by atoms with van der Waals surface area (Å²) in [5, 5.41) is 0. The van der Waals surface area contributed by atoms with E-state index in [2.05, 4.69) is 18.7 Å². The number of carbonyl (C=O) groups excluding carboxylic acids is 1. The molecule has 78 valence electrons. The third-order valence-corrected chi connectivity index (χ3v) is 2.07. The summed E-state index contributed by atoms with van der Waals surface area (Å²) in [4.78, 5) is 13.4. The Morgan fingerprint density at radius 1 is 1.23 bits per heavy atom. The number of rotatable bonds is 7. The maximum absolute atomic E-state index is 11.3. The highest BCUT2D eigenvalue weighted by atomic mass is 16.1. The lowest BCUT2D eigenvalue weighted by Crippen LogP contribution is -2.16. The van der Waals surface area contributed by atoms with Crippen molar-refractivity contribution >= 4 is 5.78 Å². The average molecular weight is 185 g/mol. The van der Waals surface area contributed by atoms with Gasteiger partial charge >= 0.3 is 0 Å². The maximum Gasteiger partial charge on any atom is 0.134 e. The van der Waals surface area contributed by atoms with Gasteiger partial charge in [-0.3, -0.25) is 4.79 Å². The molecule has 0 N–H and O–H groups in total. The zero-order valence-corrected chi connectivity index (χ0v) is 9.47. The topological polar surface area (TPSA) is 20.3 Å². The van der Waals surface area contributed by atoms with Crippen molar-refractivity contribution in [2.24, 2.45) is 5.92 Å². The molecular weight excluding hydrogens is 162 g/mol. The number of hydrogen-bond acceptors (Lipinski definition) is 2. The van der Waals surface area contributed by atoms with Gasteiger partial charge in [0.2, 0.25) is 0 Å². The summed E-state index contributed by atoms with van der Waals surface area (Å²) in [6.45, 7) is 5.29. The molecule has 0 atom stereocenters. The highest BCUT2D eigenvalue weighted by molar-refractivity contribution is 5.78. The van der Waals surface area contributed by atoms with Crippen molar-refractivity contribution < 1.29 is 4.79 Å². The summed E-state index contributed by atoms with van der Waals surface area (Å²) in [6, 6.07) is 0. The molecule has 0 amide bonds. The molecule has 0 rings (SSSR count). The molecule has 0 aliphatic carbocycles. The predicted molar refractivity (Wildman–Crippen MR) is 56.9 cm³/mol. The van der Waals surface area contributed by atoms with Gasteiger partial charge in [-0.25, -0.2) is 0 Å². The van der Waals surface area contributed by atoms with E-state index in [0.717, 1.165) is 25.3 Å². The molecule has 0 radical (unpaired) electrons. The van der Waals surface area contributed by atoms with Gasteiger partial charge in [-0.1, -0.05) is 20.3 Å². The van der Waals surface area contributed by atoms with E-state index >= 15 is 0 Å². The highest BCUT2D eigenvalue weighted by Crippen LogP contribution is 2.07. The summed E-state index contributed by atoms with van der Waals surface area (Å²) in [5.74, 6) is 1.14. The smallest absolute Gasteiger partial charge is 0.134 e. The first-order chi connectivity index (χ1) is 6.02. The largest absolute Gasteiger partial charge is 0.309 e. The molecule has 2 heteroatoms. The van der Waals surface area contributed by atoms with Crippen LogP contribution in [0.1, 0.15) is 39.5 Å². The zero-order chi connectivity index (χ0) is 10.3. The van der Waals surface area contributed by atoms with Gasteiger partial charge in [0.25, 0.3) is 0 Å². The van der Waals surface area contributed by atoms with E-state index in [-0.39, 0.29) is 0 Å². The third kappa shape index (κ3) is 9.54. The van der Waals surface area contributed by atoms with Gasteiger partial charge < -0.3 is 4.90 Å². The van der Waals surface area contributed by atoms with Crippen LogP contribution in [0.15, 0.2) is 0 Å². The lowest BCUT2D eigenvalue weighted by molar-refractivity contribution is -0.119. The van der Waals surface area contributed by atoms with Gasteiger partial charge in [-0.15, -0.1) is 0 Å². The highest BCUT2D eigenvalue weighted by Gasteiger charge is 2.03. The van der Waals surface area contributed by atoms with Gasteiger partial charge in [0.1, 0.15) is 5.78 Å². The van der Waals surface area contributed by atoms with E-state index in [9.17, 15) is 4.79 Å². The monoisotopic (exact) mass is 185 g/mol. The fraction of sp³-hybridized carbons (Fsp3) is 0.909. The minimum atomic E-state index is 0.411. The van der Waals surface area contributed by atoms with E-state index in [0.29, 0.717) is 12.2 Å². The van der Waals surface area contributed by atoms with Crippen LogP contribution in [0.5, 0.6) is 0 Å². The summed E-state index contributed by atoms with van der Waals surface area (Å²) < 4.78 is 0. The van der Waals surface area contributed by atoms with Gasteiger partial charge in [0.15, 0.2) is 0 Å². The Morgan fingerprint density at radius 2 is 1.85 bits per heavy atom. The Morgan fingerprint density at radius 3 is 2.31 bits per heavy atom. The quantitative estimate of drug-likeness (QED) is 0.606. The van der Waals surface area contributed by atoms with Crippen LogP contribution in [0.25, 0.3) is 0 Å². The number of hydrogen-bond donors (Lipinski definition) is 0. The van der Waals surface area contributed by atoms with Crippen molar-refractivity contribution in [3.8, 4) is 0 Å². The van der Waals surface area contributed by atoms with Crippen LogP contribution in [0.4, 0.5) is 0 Å². The van der Waals surface area contributed by atoms with Gasteiger partial charge in [-0.05, 0) is 26.4 Å². The summed E-state index contributed by atoms with van der Waals surface area (Å²) in [5.41, 5.74) is 0. The zero-order valence-electron chi connectivity index (χ0n) is 9.47. The van der Waals surface area contributed by atoms with Crippen molar-refractivity contribution in [1.29, 1.82) is 0 Å². The fourth-order valence-electron chi connectivity index (χ4n) is 1.18. The third-order valence-electron chi connectivity index (χ3n) is 2.07. The van der Waals surface area contributed by atoms with Crippen molar-refractivity contribution in [3.05, 3.63) is 0 Å². The molecular formula is C11H23NO. The standard InChI is InChI=1S/C11H23NO/c1-10(2)6-5-7-11(13)8-9-12(3)4/h10H,5-9H2,1-4H3.